The number of rotatable bonds is 3. The summed E-state index contributed by atoms with van der Waals surface area (Å²) in [5.41, 5.74) is 4.67. The monoisotopic (exact) mass is 354 g/mol. The molecule has 0 saturated carbocycles. The maximum atomic E-state index is 12.0. The number of phenolic OH excluding ortho intramolecular Hbond substituents is 1. The molecule has 0 fully saturated rings. The molecule has 6 heteroatoms. The average molecular weight is 354 g/mol. The highest BCUT2D eigenvalue weighted by molar-refractivity contribution is 5.92. The summed E-state index contributed by atoms with van der Waals surface area (Å²) in [6.45, 7) is 12.3. The van der Waals surface area contributed by atoms with Gasteiger partial charge in [0.2, 0.25) is 0 Å². The predicted molar refractivity (Wildman–Crippen MR) is 103 cm³/mol. The summed E-state index contributed by atoms with van der Waals surface area (Å²) in [6, 6.07) is 3.78. The molecule has 0 bridgehead atoms. The topological polar surface area (TPSA) is 87.5 Å². The van der Waals surface area contributed by atoms with Gasteiger partial charge in [-0.15, -0.1) is 0 Å². The van der Waals surface area contributed by atoms with E-state index in [2.05, 4.69) is 20.5 Å². The van der Waals surface area contributed by atoms with Crippen LogP contribution in [0.2, 0.25) is 0 Å². The molecule has 138 valence electrons. The summed E-state index contributed by atoms with van der Waals surface area (Å²) in [5.74, 6) is -0.119. The van der Waals surface area contributed by atoms with Gasteiger partial charge >= 0.3 is 0 Å². The van der Waals surface area contributed by atoms with Crippen LogP contribution in [0.4, 0.5) is 0 Å². The van der Waals surface area contributed by atoms with E-state index < -0.39 is 5.91 Å². The minimum Gasteiger partial charge on any atom is -0.507 e. The van der Waals surface area contributed by atoms with E-state index in [0.717, 1.165) is 16.7 Å². The van der Waals surface area contributed by atoms with Crippen molar-refractivity contribution in [1.29, 1.82) is 0 Å². The second-order valence-corrected chi connectivity index (χ2v) is 8.25. The smallest absolute Gasteiger partial charge is 0.291 e. The fraction of sp³-hybridized carbons (Fsp3) is 0.400. The first-order valence-corrected chi connectivity index (χ1v) is 8.47. The van der Waals surface area contributed by atoms with E-state index in [1.807, 2.05) is 53.7 Å². The number of aromatic hydroxyl groups is 1. The Balaban J connectivity index is 2.33. The van der Waals surface area contributed by atoms with Crippen LogP contribution < -0.4 is 5.43 Å². The molecule has 0 aliphatic rings. The van der Waals surface area contributed by atoms with Gasteiger partial charge in [0.1, 0.15) is 11.4 Å². The Labute approximate surface area is 154 Å². The van der Waals surface area contributed by atoms with Gasteiger partial charge in [-0.05, 0) is 28.5 Å². The lowest BCUT2D eigenvalue weighted by Crippen LogP contribution is -2.20. The highest BCUT2D eigenvalue weighted by atomic mass is 16.3. The molecular formula is C20H26N4O2. The van der Waals surface area contributed by atoms with Crippen LogP contribution in [0.1, 0.15) is 68.7 Å². The van der Waals surface area contributed by atoms with Gasteiger partial charge in [0.05, 0.1) is 12.4 Å². The molecule has 0 unspecified atom stereocenters. The van der Waals surface area contributed by atoms with E-state index in [4.69, 9.17) is 0 Å². The lowest BCUT2D eigenvalue weighted by Gasteiger charge is -2.27. The molecule has 26 heavy (non-hydrogen) atoms. The SMILES string of the molecule is CC(C)(C)c1cc(/C=N/NC(=O)c2cnccn2)cc(C(C)(C)C)c1O. The Bertz CT molecular complexity index is 781. The van der Waals surface area contributed by atoms with Gasteiger partial charge in [0.15, 0.2) is 0 Å². The van der Waals surface area contributed by atoms with Crippen molar-refractivity contribution < 1.29 is 9.90 Å². The quantitative estimate of drug-likeness (QED) is 0.652. The van der Waals surface area contributed by atoms with E-state index in [9.17, 15) is 9.90 Å². The minimum atomic E-state index is -0.430. The second kappa shape index (κ2) is 7.23. The van der Waals surface area contributed by atoms with Gasteiger partial charge in [-0.3, -0.25) is 9.78 Å². The fourth-order valence-corrected chi connectivity index (χ4v) is 2.51. The lowest BCUT2D eigenvalue weighted by molar-refractivity contribution is 0.0949. The number of amides is 1. The molecule has 0 aliphatic heterocycles. The van der Waals surface area contributed by atoms with Crippen molar-refractivity contribution in [2.45, 2.75) is 52.4 Å². The third kappa shape index (κ3) is 4.65. The Morgan fingerprint density at radius 1 is 1.08 bits per heavy atom. The lowest BCUT2D eigenvalue weighted by atomic mass is 9.78. The highest BCUT2D eigenvalue weighted by Crippen LogP contribution is 2.39. The summed E-state index contributed by atoms with van der Waals surface area (Å²) >= 11 is 0. The molecule has 0 saturated heterocycles. The van der Waals surface area contributed by atoms with Crippen LogP contribution in [0, 0.1) is 0 Å². The first-order valence-electron chi connectivity index (χ1n) is 8.47. The van der Waals surface area contributed by atoms with E-state index in [-0.39, 0.29) is 16.5 Å². The van der Waals surface area contributed by atoms with E-state index in [1.54, 1.807) is 6.21 Å². The normalized spacial score (nSPS) is 12.4. The molecule has 0 spiro atoms. The molecule has 0 radical (unpaired) electrons. The van der Waals surface area contributed by atoms with Crippen molar-refractivity contribution >= 4 is 12.1 Å². The molecular weight excluding hydrogens is 328 g/mol. The number of carbonyl (C=O) groups is 1. The van der Waals surface area contributed by atoms with Crippen molar-refractivity contribution in [3.05, 3.63) is 53.1 Å². The molecule has 6 nitrogen and oxygen atoms in total. The van der Waals surface area contributed by atoms with Crippen molar-refractivity contribution in [3.63, 3.8) is 0 Å². The third-order valence-electron chi connectivity index (χ3n) is 3.92. The zero-order valence-electron chi connectivity index (χ0n) is 16.2. The number of benzene rings is 1. The van der Waals surface area contributed by atoms with Gasteiger partial charge in [-0.25, -0.2) is 10.4 Å². The van der Waals surface area contributed by atoms with Gasteiger partial charge in [-0.2, -0.15) is 5.10 Å². The van der Waals surface area contributed by atoms with Crippen molar-refractivity contribution in [2.75, 3.05) is 0 Å². The van der Waals surface area contributed by atoms with Crippen LogP contribution in [-0.4, -0.2) is 27.2 Å². The number of aromatic nitrogens is 2. The van der Waals surface area contributed by atoms with Crippen LogP contribution in [0.3, 0.4) is 0 Å². The van der Waals surface area contributed by atoms with Crippen LogP contribution in [0.5, 0.6) is 5.75 Å². The summed E-state index contributed by atoms with van der Waals surface area (Å²) in [5, 5.41) is 14.7. The third-order valence-corrected chi connectivity index (χ3v) is 3.92. The molecule has 1 aromatic heterocycles. The van der Waals surface area contributed by atoms with Gasteiger partial charge in [0.25, 0.3) is 5.91 Å². The molecule has 0 atom stereocenters. The second-order valence-electron chi connectivity index (χ2n) is 8.25. The zero-order valence-corrected chi connectivity index (χ0v) is 16.2. The molecule has 1 aromatic carbocycles. The summed E-state index contributed by atoms with van der Waals surface area (Å²) in [7, 11) is 0. The molecule has 2 rings (SSSR count). The van der Waals surface area contributed by atoms with Gasteiger partial charge in [0, 0.05) is 23.5 Å². The Hall–Kier alpha value is -2.76. The maximum absolute atomic E-state index is 12.0. The molecule has 1 heterocycles. The maximum Gasteiger partial charge on any atom is 0.291 e. The molecule has 2 aromatic rings. The number of hydrazone groups is 1. The fourth-order valence-electron chi connectivity index (χ4n) is 2.51. The first kappa shape index (κ1) is 19.6. The van der Waals surface area contributed by atoms with Crippen LogP contribution in [0.25, 0.3) is 0 Å². The van der Waals surface area contributed by atoms with Crippen LogP contribution in [0.15, 0.2) is 35.8 Å². The zero-order chi connectivity index (χ0) is 19.5. The Morgan fingerprint density at radius 2 is 1.65 bits per heavy atom. The van der Waals surface area contributed by atoms with Gasteiger partial charge in [-0.1, -0.05) is 41.5 Å². The van der Waals surface area contributed by atoms with Crippen molar-refractivity contribution in [1.82, 2.24) is 15.4 Å². The highest BCUT2D eigenvalue weighted by Gasteiger charge is 2.26. The number of carbonyl (C=O) groups excluding carboxylic acids is 1. The standard InChI is InChI=1S/C20H26N4O2/c1-19(2,3)14-9-13(10-15(17(14)25)20(4,5)6)11-23-24-18(26)16-12-21-7-8-22-16/h7-12,25H,1-6H3,(H,24,26)/b23-11+. The number of phenols is 1. The summed E-state index contributed by atoms with van der Waals surface area (Å²) < 4.78 is 0. The number of hydrogen-bond acceptors (Lipinski definition) is 5. The van der Waals surface area contributed by atoms with Crippen molar-refractivity contribution in [3.8, 4) is 5.75 Å². The summed E-state index contributed by atoms with van der Waals surface area (Å²) in [4.78, 5) is 19.8. The van der Waals surface area contributed by atoms with E-state index in [0.29, 0.717) is 5.75 Å². The summed E-state index contributed by atoms with van der Waals surface area (Å²) in [6.07, 6.45) is 5.89. The average Bonchev–Trinajstić information content (AvgIpc) is 2.54. The largest absolute Gasteiger partial charge is 0.507 e. The first-order chi connectivity index (χ1) is 12.0. The molecule has 0 aliphatic carbocycles. The molecule has 2 N–H and O–H groups in total. The van der Waals surface area contributed by atoms with Crippen LogP contribution >= 0.6 is 0 Å². The van der Waals surface area contributed by atoms with E-state index >= 15 is 0 Å². The predicted octanol–water partition coefficient (Wildman–Crippen LogP) is 3.54. The Morgan fingerprint density at radius 3 is 2.12 bits per heavy atom. The van der Waals surface area contributed by atoms with Crippen molar-refractivity contribution in [2.24, 2.45) is 5.10 Å². The number of hydrogen-bond donors (Lipinski definition) is 2. The number of nitrogens with one attached hydrogen (secondary N) is 1. The van der Waals surface area contributed by atoms with E-state index in [1.165, 1.54) is 18.6 Å². The number of nitrogens with zero attached hydrogens (tertiary/aromatic N) is 3. The molecule has 1 amide bonds. The Kier molecular flexibility index (Phi) is 5.44. The van der Waals surface area contributed by atoms with Crippen LogP contribution in [-0.2, 0) is 10.8 Å². The van der Waals surface area contributed by atoms with Gasteiger partial charge < -0.3 is 5.11 Å². The minimum absolute atomic E-state index is 0.195.